The van der Waals surface area contributed by atoms with Crippen LogP contribution in [0.4, 0.5) is 5.69 Å². The predicted octanol–water partition coefficient (Wildman–Crippen LogP) is 2.69. The highest BCUT2D eigenvalue weighted by Gasteiger charge is 2.45. The van der Waals surface area contributed by atoms with Crippen molar-refractivity contribution in [2.45, 2.75) is 44.4 Å². The van der Waals surface area contributed by atoms with Crippen molar-refractivity contribution in [3.8, 4) is 5.75 Å². The molecule has 6 rings (SSSR count). The van der Waals surface area contributed by atoms with Gasteiger partial charge in [0, 0.05) is 29.4 Å². The third kappa shape index (κ3) is 6.28. The van der Waals surface area contributed by atoms with E-state index >= 15 is 0 Å². The molecule has 15 heteroatoms. The molecular weight excluding hydrogens is 611 g/mol. The van der Waals surface area contributed by atoms with Gasteiger partial charge in [-0.15, -0.1) is 0 Å². The van der Waals surface area contributed by atoms with E-state index in [2.05, 4.69) is 20.1 Å². The van der Waals surface area contributed by atoms with Gasteiger partial charge in [-0.2, -0.15) is 14.9 Å². The van der Waals surface area contributed by atoms with Crippen molar-refractivity contribution in [3.63, 3.8) is 0 Å². The Balaban J connectivity index is 1.04. The fraction of sp³-hybridized carbons (Fsp3) is 0.448. The maximum atomic E-state index is 12.8. The first kappa shape index (κ1) is 30.4. The van der Waals surface area contributed by atoms with Crippen molar-refractivity contribution in [3.05, 3.63) is 87.5 Å². The Morgan fingerprint density at radius 1 is 1.07 bits per heavy atom. The highest BCUT2D eigenvalue weighted by atomic mass is 35.5. The average Bonchev–Trinajstić information content (AvgIpc) is 3.77. The summed E-state index contributed by atoms with van der Waals surface area (Å²) in [5.74, 6) is -0.463. The molecule has 1 N–H and O–H groups in total. The van der Waals surface area contributed by atoms with Gasteiger partial charge in [-0.25, -0.2) is 19.1 Å². The van der Waals surface area contributed by atoms with Crippen LogP contribution in [0.25, 0.3) is 0 Å². The first-order chi connectivity index (χ1) is 21.2. The minimum atomic E-state index is -1.17. The molecule has 2 aromatic carbocycles. The van der Waals surface area contributed by atoms with Crippen LogP contribution in [0, 0.1) is 0 Å². The number of ether oxygens (including phenoxy) is 3. The molecule has 2 fully saturated rings. The van der Waals surface area contributed by atoms with Gasteiger partial charge in [0.2, 0.25) is 5.79 Å². The first-order valence-electron chi connectivity index (χ1n) is 14.4. The number of anilines is 1. The number of rotatable bonds is 10. The van der Waals surface area contributed by atoms with E-state index in [1.807, 2.05) is 29.3 Å². The molecular formula is C29H34Cl2N8O5. The van der Waals surface area contributed by atoms with Gasteiger partial charge in [0.05, 0.1) is 36.9 Å². The van der Waals surface area contributed by atoms with Crippen LogP contribution in [-0.4, -0.2) is 85.9 Å². The van der Waals surface area contributed by atoms with Gasteiger partial charge in [-0.05, 0) is 50.2 Å². The molecule has 4 aromatic rings. The van der Waals surface area contributed by atoms with Crippen LogP contribution in [0.2, 0.25) is 10.0 Å². The van der Waals surface area contributed by atoms with Crippen molar-refractivity contribution in [1.82, 2.24) is 29.2 Å². The van der Waals surface area contributed by atoms with Crippen LogP contribution in [0.1, 0.15) is 25.5 Å². The van der Waals surface area contributed by atoms with Crippen LogP contribution in [-0.2, 0) is 21.8 Å². The monoisotopic (exact) mass is 644 g/mol. The number of benzene rings is 2. The predicted molar refractivity (Wildman–Crippen MR) is 164 cm³/mol. The molecule has 0 bridgehead atoms. The summed E-state index contributed by atoms with van der Waals surface area (Å²) in [7, 11) is 0. The molecule has 44 heavy (non-hydrogen) atoms. The molecule has 2 aliphatic rings. The lowest BCUT2D eigenvalue weighted by Gasteiger charge is -2.36. The zero-order chi connectivity index (χ0) is 30.8. The highest BCUT2D eigenvalue weighted by Crippen LogP contribution is 2.40. The van der Waals surface area contributed by atoms with E-state index in [-0.39, 0.29) is 24.9 Å². The molecule has 0 saturated carbocycles. The lowest BCUT2D eigenvalue weighted by molar-refractivity contribution is -0.190. The minimum absolute atomic E-state index is 0.253. The second-order valence-electron chi connectivity index (χ2n) is 11.0. The van der Waals surface area contributed by atoms with Gasteiger partial charge in [0.1, 0.15) is 44.0 Å². The Kier molecular flexibility index (Phi) is 8.83. The fourth-order valence-electron chi connectivity index (χ4n) is 5.38. The van der Waals surface area contributed by atoms with Gasteiger partial charge in [-0.3, -0.25) is 0 Å². The standard InChI is InChI=1S/C29H34Cl2N8O5/c1-20(21(2)40)39-28(41)38(19-34-39)37-11-9-35(10-12-37)23-4-6-24(7-5-23)42-14-25-15-43-29(44-25,16-36-18-32-17-33-36)26-8-3-22(30)13-27(26)31/h3-8,13,17-21,25,40H,9-12,14-16H2,1-2H3/t20-,21+,25?,29?/m0/s1. The number of aliphatic hydroxyl groups excluding tert-OH is 1. The number of nitrogens with zero attached hydrogens (tertiary/aromatic N) is 8. The molecule has 2 aromatic heterocycles. The van der Waals surface area contributed by atoms with Crippen LogP contribution >= 0.6 is 23.2 Å². The van der Waals surface area contributed by atoms with Crippen molar-refractivity contribution in [2.75, 3.05) is 49.3 Å². The Labute approximate surface area is 264 Å². The lowest BCUT2D eigenvalue weighted by Crippen LogP contribution is -2.54. The zero-order valence-corrected chi connectivity index (χ0v) is 25.9. The molecule has 2 saturated heterocycles. The average molecular weight is 646 g/mol. The second-order valence-corrected chi connectivity index (χ2v) is 11.8. The second kappa shape index (κ2) is 12.8. The SMILES string of the molecule is C[C@@H](O)[C@H](C)n1ncn(N2CCN(c3ccc(OCC4COC(Cn5cncn5)(c5ccc(Cl)cc5Cl)O4)cc3)CC2)c1=O. The van der Waals surface area contributed by atoms with Crippen LogP contribution < -0.4 is 20.3 Å². The summed E-state index contributed by atoms with van der Waals surface area (Å²) >= 11 is 12.7. The minimum Gasteiger partial charge on any atom is -0.491 e. The maximum Gasteiger partial charge on any atom is 0.365 e. The maximum absolute atomic E-state index is 12.8. The van der Waals surface area contributed by atoms with Gasteiger partial charge in [0.15, 0.2) is 0 Å². The van der Waals surface area contributed by atoms with Crippen LogP contribution in [0.5, 0.6) is 5.75 Å². The normalized spacial score (nSPS) is 21.9. The summed E-state index contributed by atoms with van der Waals surface area (Å²) in [6, 6.07) is 12.7. The molecule has 0 radical (unpaired) electrons. The number of hydrogen-bond acceptors (Lipinski definition) is 10. The van der Waals surface area contributed by atoms with E-state index in [0.29, 0.717) is 41.1 Å². The van der Waals surface area contributed by atoms with Gasteiger partial charge in [0.25, 0.3) is 0 Å². The molecule has 4 atom stereocenters. The van der Waals surface area contributed by atoms with Crippen LogP contribution in [0.15, 0.2) is 66.2 Å². The Morgan fingerprint density at radius 2 is 1.84 bits per heavy atom. The van der Waals surface area contributed by atoms with E-state index in [1.165, 1.54) is 22.0 Å². The van der Waals surface area contributed by atoms with E-state index in [9.17, 15) is 9.90 Å². The van der Waals surface area contributed by atoms with Crippen molar-refractivity contribution >= 4 is 28.9 Å². The van der Waals surface area contributed by atoms with E-state index < -0.39 is 17.9 Å². The molecule has 0 aliphatic carbocycles. The molecule has 2 unspecified atom stereocenters. The largest absolute Gasteiger partial charge is 0.491 e. The number of aliphatic hydroxyl groups is 1. The molecule has 234 valence electrons. The van der Waals surface area contributed by atoms with E-state index in [1.54, 1.807) is 43.1 Å². The van der Waals surface area contributed by atoms with Gasteiger partial charge in [-0.1, -0.05) is 29.3 Å². The van der Waals surface area contributed by atoms with Gasteiger partial charge >= 0.3 is 5.69 Å². The summed E-state index contributed by atoms with van der Waals surface area (Å²) in [6.07, 6.45) is 3.54. The van der Waals surface area contributed by atoms with E-state index in [0.717, 1.165) is 18.8 Å². The zero-order valence-electron chi connectivity index (χ0n) is 24.4. The Bertz CT molecular complexity index is 1600. The fourth-order valence-corrected chi connectivity index (χ4v) is 5.93. The number of halogens is 2. The Morgan fingerprint density at radius 3 is 2.52 bits per heavy atom. The first-order valence-corrected chi connectivity index (χ1v) is 15.1. The van der Waals surface area contributed by atoms with Crippen LogP contribution in [0.3, 0.4) is 0 Å². The summed E-state index contributed by atoms with van der Waals surface area (Å²) in [5, 5.41) is 21.2. The number of piperazine rings is 1. The highest BCUT2D eigenvalue weighted by molar-refractivity contribution is 6.35. The Hall–Kier alpha value is -3.62. The molecule has 13 nitrogen and oxygen atoms in total. The third-order valence-corrected chi connectivity index (χ3v) is 8.55. The van der Waals surface area contributed by atoms with Gasteiger partial charge < -0.3 is 29.2 Å². The van der Waals surface area contributed by atoms with Crippen molar-refractivity contribution in [2.24, 2.45) is 0 Å². The number of hydrogen-bond donors (Lipinski definition) is 1. The summed E-state index contributed by atoms with van der Waals surface area (Å²) < 4.78 is 23.2. The smallest absolute Gasteiger partial charge is 0.365 e. The van der Waals surface area contributed by atoms with Crippen molar-refractivity contribution < 1.29 is 19.3 Å². The lowest BCUT2D eigenvalue weighted by atomic mass is 10.1. The summed E-state index contributed by atoms with van der Waals surface area (Å²) in [4.78, 5) is 19.1. The van der Waals surface area contributed by atoms with E-state index in [4.69, 9.17) is 37.4 Å². The quantitative estimate of drug-likeness (QED) is 0.275. The molecule has 0 spiro atoms. The summed E-state index contributed by atoms with van der Waals surface area (Å²) in [5.41, 5.74) is 1.46. The summed E-state index contributed by atoms with van der Waals surface area (Å²) in [6.45, 7) is 7.03. The topological polar surface area (TPSA) is 125 Å². The molecule has 2 aliphatic heterocycles. The number of aromatic nitrogens is 6. The van der Waals surface area contributed by atoms with Crippen molar-refractivity contribution in [1.29, 1.82) is 0 Å². The molecule has 0 amide bonds. The third-order valence-electron chi connectivity index (χ3n) is 8.00. The molecule has 4 heterocycles.